The van der Waals surface area contributed by atoms with E-state index in [1.165, 1.54) is 22.5 Å². The van der Waals surface area contributed by atoms with E-state index in [0.29, 0.717) is 26.3 Å². The summed E-state index contributed by atoms with van der Waals surface area (Å²) in [6, 6.07) is 4.25. The fourth-order valence-corrected chi connectivity index (χ4v) is 5.16. The molecule has 1 saturated heterocycles. The lowest BCUT2D eigenvalue weighted by molar-refractivity contribution is 0.0730. The van der Waals surface area contributed by atoms with Gasteiger partial charge in [0.05, 0.1) is 28.7 Å². The quantitative estimate of drug-likeness (QED) is 0.798. The lowest BCUT2D eigenvalue weighted by atomic mass is 9.81. The number of amides is 1. The van der Waals surface area contributed by atoms with Crippen LogP contribution < -0.4 is 5.32 Å². The van der Waals surface area contributed by atoms with Crippen molar-refractivity contribution in [3.05, 3.63) is 28.8 Å². The number of hydrogen-bond acceptors (Lipinski definition) is 4. The number of halogens is 1. The van der Waals surface area contributed by atoms with Gasteiger partial charge in [-0.1, -0.05) is 32.4 Å². The lowest BCUT2D eigenvalue weighted by Gasteiger charge is -2.33. The van der Waals surface area contributed by atoms with E-state index in [1.54, 1.807) is 0 Å². The Labute approximate surface area is 167 Å². The molecule has 1 aromatic rings. The second kappa shape index (κ2) is 8.07. The molecule has 0 aromatic heterocycles. The molecule has 0 spiro atoms. The van der Waals surface area contributed by atoms with Crippen LogP contribution in [0.15, 0.2) is 23.1 Å². The van der Waals surface area contributed by atoms with E-state index in [4.69, 9.17) is 16.3 Å². The van der Waals surface area contributed by atoms with Gasteiger partial charge in [0.2, 0.25) is 10.0 Å². The third-order valence-electron chi connectivity index (χ3n) is 4.21. The number of nitrogens with zero attached hydrogens (tertiary/aromatic N) is 1. The summed E-state index contributed by atoms with van der Waals surface area (Å²) in [6.45, 7) is 11.5. The second-order valence-corrected chi connectivity index (χ2v) is 11.1. The second-order valence-electron chi connectivity index (χ2n) is 8.73. The van der Waals surface area contributed by atoms with Crippen molar-refractivity contribution < 1.29 is 17.9 Å². The van der Waals surface area contributed by atoms with Crippen LogP contribution in [-0.4, -0.2) is 50.5 Å². The Morgan fingerprint density at radius 1 is 1.19 bits per heavy atom. The Kier molecular flexibility index (Phi) is 6.62. The van der Waals surface area contributed by atoms with Crippen molar-refractivity contribution >= 4 is 27.5 Å². The SMILES string of the molecule is CC(C)(C)CC(C)(C)NC(=O)c1cc(S(=O)(=O)N2CCOCC2)ccc1Cl. The minimum atomic E-state index is -3.69. The maximum absolute atomic E-state index is 12.8. The Balaban J connectivity index is 2.27. The molecule has 1 aliphatic rings. The van der Waals surface area contributed by atoms with E-state index in [0.717, 1.165) is 6.42 Å². The Morgan fingerprint density at radius 2 is 1.78 bits per heavy atom. The van der Waals surface area contributed by atoms with Crippen molar-refractivity contribution in [1.29, 1.82) is 0 Å². The minimum Gasteiger partial charge on any atom is -0.379 e. The van der Waals surface area contributed by atoms with E-state index in [-0.39, 0.29) is 26.8 Å². The van der Waals surface area contributed by atoms with E-state index in [2.05, 4.69) is 26.1 Å². The maximum Gasteiger partial charge on any atom is 0.253 e. The van der Waals surface area contributed by atoms with Gasteiger partial charge in [0, 0.05) is 18.6 Å². The molecule has 1 aromatic carbocycles. The molecule has 1 amide bonds. The number of morpholine rings is 1. The number of benzene rings is 1. The van der Waals surface area contributed by atoms with Crippen molar-refractivity contribution in [2.24, 2.45) is 5.41 Å². The first-order chi connectivity index (χ1) is 12.3. The van der Waals surface area contributed by atoms with Crippen LogP contribution in [0.3, 0.4) is 0 Å². The third kappa shape index (κ3) is 5.91. The number of nitrogens with one attached hydrogen (secondary N) is 1. The molecule has 1 aliphatic heterocycles. The zero-order valence-electron chi connectivity index (χ0n) is 16.6. The van der Waals surface area contributed by atoms with Gasteiger partial charge in [-0.2, -0.15) is 4.31 Å². The molecule has 0 bridgehead atoms. The Bertz CT molecular complexity index is 794. The van der Waals surface area contributed by atoms with Crippen LogP contribution in [0.2, 0.25) is 5.02 Å². The van der Waals surface area contributed by atoms with Gasteiger partial charge in [-0.25, -0.2) is 8.42 Å². The van der Waals surface area contributed by atoms with Crippen molar-refractivity contribution in [3.8, 4) is 0 Å². The van der Waals surface area contributed by atoms with Crippen LogP contribution in [0.25, 0.3) is 0 Å². The van der Waals surface area contributed by atoms with Gasteiger partial charge in [-0.3, -0.25) is 4.79 Å². The topological polar surface area (TPSA) is 75.7 Å². The summed E-state index contributed by atoms with van der Waals surface area (Å²) in [6.07, 6.45) is 0.759. The molecule has 1 N–H and O–H groups in total. The summed E-state index contributed by atoms with van der Waals surface area (Å²) in [7, 11) is -3.69. The predicted molar refractivity (Wildman–Crippen MR) is 107 cm³/mol. The first kappa shape index (κ1) is 22.1. The molecule has 0 aliphatic carbocycles. The zero-order chi connectivity index (χ0) is 20.5. The molecule has 1 fully saturated rings. The predicted octanol–water partition coefficient (Wildman–Crippen LogP) is 3.31. The molecule has 27 heavy (non-hydrogen) atoms. The van der Waals surface area contributed by atoms with Gasteiger partial charge in [-0.05, 0) is 43.9 Å². The number of carbonyl (C=O) groups is 1. The van der Waals surface area contributed by atoms with Gasteiger partial charge in [-0.15, -0.1) is 0 Å². The maximum atomic E-state index is 12.8. The summed E-state index contributed by atoms with van der Waals surface area (Å²) in [5.74, 6) is -0.381. The van der Waals surface area contributed by atoms with Crippen molar-refractivity contribution in [1.82, 2.24) is 9.62 Å². The third-order valence-corrected chi connectivity index (χ3v) is 6.44. The van der Waals surface area contributed by atoms with Crippen LogP contribution in [-0.2, 0) is 14.8 Å². The fraction of sp³-hybridized carbons (Fsp3) is 0.632. The standard InChI is InChI=1S/C19H29ClN2O4S/c1-18(2,3)13-19(4,5)21-17(23)15-12-14(6-7-16(15)20)27(24,25)22-8-10-26-11-9-22/h6-7,12H,8-11,13H2,1-5H3,(H,21,23). The summed E-state index contributed by atoms with van der Waals surface area (Å²) in [4.78, 5) is 12.9. The van der Waals surface area contributed by atoms with Gasteiger partial charge in [0.15, 0.2) is 0 Å². The smallest absolute Gasteiger partial charge is 0.253 e. The monoisotopic (exact) mass is 416 g/mol. The van der Waals surface area contributed by atoms with Crippen LogP contribution in [0.5, 0.6) is 0 Å². The number of ether oxygens (including phenoxy) is 1. The van der Waals surface area contributed by atoms with E-state index in [1.807, 2.05) is 13.8 Å². The molecule has 0 radical (unpaired) electrons. The number of carbonyl (C=O) groups excluding carboxylic acids is 1. The normalized spacial score (nSPS) is 17.0. The molecule has 2 rings (SSSR count). The summed E-state index contributed by atoms with van der Waals surface area (Å²) >= 11 is 6.20. The molecule has 8 heteroatoms. The number of hydrogen-bond donors (Lipinski definition) is 1. The molecule has 152 valence electrons. The summed E-state index contributed by atoms with van der Waals surface area (Å²) in [5.41, 5.74) is -0.271. The van der Waals surface area contributed by atoms with Crippen molar-refractivity contribution in [2.45, 2.75) is 51.5 Å². The highest BCUT2D eigenvalue weighted by Gasteiger charge is 2.30. The first-order valence-corrected chi connectivity index (χ1v) is 10.8. The van der Waals surface area contributed by atoms with Crippen LogP contribution >= 0.6 is 11.6 Å². The average molecular weight is 417 g/mol. The Morgan fingerprint density at radius 3 is 2.33 bits per heavy atom. The van der Waals surface area contributed by atoms with Crippen molar-refractivity contribution in [3.63, 3.8) is 0 Å². The lowest BCUT2D eigenvalue weighted by Crippen LogP contribution is -2.46. The molecular formula is C19H29ClN2O4S. The van der Waals surface area contributed by atoms with Gasteiger partial charge >= 0.3 is 0 Å². The number of rotatable bonds is 5. The molecule has 0 unspecified atom stereocenters. The first-order valence-electron chi connectivity index (χ1n) is 9.02. The molecular weight excluding hydrogens is 388 g/mol. The highest BCUT2D eigenvalue weighted by molar-refractivity contribution is 7.89. The largest absolute Gasteiger partial charge is 0.379 e. The van der Waals surface area contributed by atoms with Crippen LogP contribution in [0.1, 0.15) is 51.4 Å². The van der Waals surface area contributed by atoms with E-state index >= 15 is 0 Å². The van der Waals surface area contributed by atoms with E-state index in [9.17, 15) is 13.2 Å². The fourth-order valence-electron chi connectivity index (χ4n) is 3.52. The van der Waals surface area contributed by atoms with Gasteiger partial charge in [0.1, 0.15) is 0 Å². The minimum absolute atomic E-state index is 0.0299. The molecule has 0 saturated carbocycles. The number of sulfonamides is 1. The summed E-state index contributed by atoms with van der Waals surface area (Å²) < 4.78 is 32.3. The molecule has 0 atom stereocenters. The zero-order valence-corrected chi connectivity index (χ0v) is 18.2. The summed E-state index contributed by atoms with van der Waals surface area (Å²) in [5, 5.41) is 3.20. The molecule has 1 heterocycles. The van der Waals surface area contributed by atoms with Crippen LogP contribution in [0, 0.1) is 5.41 Å². The Hall–Kier alpha value is -1.15. The van der Waals surface area contributed by atoms with Crippen molar-refractivity contribution in [2.75, 3.05) is 26.3 Å². The average Bonchev–Trinajstić information content (AvgIpc) is 2.53. The van der Waals surface area contributed by atoms with E-state index < -0.39 is 15.6 Å². The van der Waals surface area contributed by atoms with Gasteiger partial charge in [0.25, 0.3) is 5.91 Å². The highest BCUT2D eigenvalue weighted by Crippen LogP contribution is 2.28. The highest BCUT2D eigenvalue weighted by atomic mass is 35.5. The molecule has 6 nitrogen and oxygen atoms in total. The van der Waals surface area contributed by atoms with Crippen LogP contribution in [0.4, 0.5) is 0 Å². The van der Waals surface area contributed by atoms with Gasteiger partial charge < -0.3 is 10.1 Å².